The third-order valence-electron chi connectivity index (χ3n) is 2.89. The van der Waals surface area contributed by atoms with Crippen molar-refractivity contribution in [2.45, 2.75) is 30.3 Å². The second kappa shape index (κ2) is 4.06. The summed E-state index contributed by atoms with van der Waals surface area (Å²) >= 11 is 1.95. The first kappa shape index (κ1) is 9.55. The highest BCUT2D eigenvalue weighted by molar-refractivity contribution is 7.99. The van der Waals surface area contributed by atoms with Gasteiger partial charge in [-0.3, -0.25) is 0 Å². The van der Waals surface area contributed by atoms with Gasteiger partial charge < -0.3 is 10.6 Å². The molecular formula is C12H16N2S. The molecule has 2 aliphatic rings. The molecule has 0 radical (unpaired) electrons. The van der Waals surface area contributed by atoms with Gasteiger partial charge in [0.2, 0.25) is 0 Å². The van der Waals surface area contributed by atoms with Crippen LogP contribution < -0.4 is 10.6 Å². The van der Waals surface area contributed by atoms with Gasteiger partial charge in [-0.1, -0.05) is 6.07 Å². The molecule has 0 saturated heterocycles. The summed E-state index contributed by atoms with van der Waals surface area (Å²) in [6.07, 6.45) is 2.72. The van der Waals surface area contributed by atoms with E-state index in [4.69, 9.17) is 0 Å². The molecule has 0 unspecified atom stereocenters. The molecule has 1 aliphatic heterocycles. The Hall–Kier alpha value is -0.670. The number of thioether (sulfide) groups is 1. The third-order valence-corrected chi connectivity index (χ3v) is 3.97. The number of hydrogen-bond acceptors (Lipinski definition) is 3. The van der Waals surface area contributed by atoms with Crippen LogP contribution in [0.15, 0.2) is 23.1 Å². The van der Waals surface area contributed by atoms with Gasteiger partial charge in [0, 0.05) is 35.5 Å². The van der Waals surface area contributed by atoms with E-state index < -0.39 is 0 Å². The van der Waals surface area contributed by atoms with Crippen LogP contribution >= 0.6 is 11.8 Å². The molecule has 80 valence electrons. The Bertz CT molecular complexity index is 361. The first-order valence-corrected chi connectivity index (χ1v) is 6.63. The predicted molar refractivity (Wildman–Crippen MR) is 65.5 cm³/mol. The van der Waals surface area contributed by atoms with E-state index in [9.17, 15) is 0 Å². The minimum atomic E-state index is 0.795. The lowest BCUT2D eigenvalue weighted by molar-refractivity contribution is 0.687. The Morgan fingerprint density at radius 3 is 3.20 bits per heavy atom. The average molecular weight is 220 g/mol. The van der Waals surface area contributed by atoms with Crippen LogP contribution in [0.4, 0.5) is 5.69 Å². The molecule has 1 fully saturated rings. The van der Waals surface area contributed by atoms with Crippen LogP contribution in [0.25, 0.3) is 0 Å². The smallest absolute Gasteiger partial charge is 0.0481 e. The lowest BCUT2D eigenvalue weighted by Gasteiger charge is -2.18. The molecule has 0 aromatic heterocycles. The van der Waals surface area contributed by atoms with Crippen LogP contribution in [0.5, 0.6) is 0 Å². The van der Waals surface area contributed by atoms with Crippen molar-refractivity contribution in [2.24, 2.45) is 0 Å². The van der Waals surface area contributed by atoms with Gasteiger partial charge in [-0.15, -0.1) is 11.8 Å². The largest absolute Gasteiger partial charge is 0.383 e. The Labute approximate surface area is 94.8 Å². The third kappa shape index (κ3) is 2.29. The van der Waals surface area contributed by atoms with Crippen molar-refractivity contribution < 1.29 is 0 Å². The van der Waals surface area contributed by atoms with Crippen molar-refractivity contribution in [3.05, 3.63) is 23.8 Å². The minimum absolute atomic E-state index is 0.795. The fourth-order valence-electron chi connectivity index (χ4n) is 1.85. The molecule has 0 amide bonds. The highest BCUT2D eigenvalue weighted by atomic mass is 32.2. The maximum atomic E-state index is 3.55. The zero-order valence-electron chi connectivity index (χ0n) is 8.75. The summed E-state index contributed by atoms with van der Waals surface area (Å²) in [4.78, 5) is 1.40. The van der Waals surface area contributed by atoms with Crippen molar-refractivity contribution in [2.75, 3.05) is 17.6 Å². The summed E-state index contributed by atoms with van der Waals surface area (Å²) in [6.45, 7) is 2.11. The lowest BCUT2D eigenvalue weighted by Crippen LogP contribution is -2.16. The van der Waals surface area contributed by atoms with Crippen LogP contribution in [-0.2, 0) is 6.54 Å². The van der Waals surface area contributed by atoms with E-state index in [1.807, 2.05) is 11.8 Å². The molecule has 2 nitrogen and oxygen atoms in total. The zero-order chi connectivity index (χ0) is 10.1. The second-order valence-electron chi connectivity index (χ2n) is 4.26. The number of fused-ring (bicyclic) bond motifs is 1. The maximum absolute atomic E-state index is 3.55. The van der Waals surface area contributed by atoms with E-state index >= 15 is 0 Å². The molecule has 0 atom stereocenters. The van der Waals surface area contributed by atoms with E-state index in [2.05, 4.69) is 28.8 Å². The first-order chi connectivity index (χ1) is 7.42. The van der Waals surface area contributed by atoms with E-state index in [0.29, 0.717) is 0 Å². The van der Waals surface area contributed by atoms with Gasteiger partial charge in [0.1, 0.15) is 0 Å². The van der Waals surface area contributed by atoms with Crippen LogP contribution in [0, 0.1) is 0 Å². The summed E-state index contributed by atoms with van der Waals surface area (Å²) in [7, 11) is 0. The maximum Gasteiger partial charge on any atom is 0.0481 e. The van der Waals surface area contributed by atoms with Gasteiger partial charge >= 0.3 is 0 Å². The van der Waals surface area contributed by atoms with E-state index in [1.165, 1.54) is 34.7 Å². The second-order valence-corrected chi connectivity index (χ2v) is 5.40. The quantitative estimate of drug-likeness (QED) is 0.818. The van der Waals surface area contributed by atoms with Crippen LogP contribution in [0.3, 0.4) is 0 Å². The Kier molecular flexibility index (Phi) is 2.59. The molecule has 3 heteroatoms. The molecule has 1 saturated carbocycles. The summed E-state index contributed by atoms with van der Waals surface area (Å²) in [5, 5.41) is 7.00. The fourth-order valence-corrected chi connectivity index (χ4v) is 2.72. The van der Waals surface area contributed by atoms with Crippen molar-refractivity contribution in [1.82, 2.24) is 5.32 Å². The SMILES string of the molecule is c1cc2c(cc1CNC1CC1)NCCS2. The first-order valence-electron chi connectivity index (χ1n) is 5.65. The van der Waals surface area contributed by atoms with Crippen LogP contribution in [0.2, 0.25) is 0 Å². The molecule has 15 heavy (non-hydrogen) atoms. The highest BCUT2D eigenvalue weighted by Gasteiger charge is 2.20. The number of nitrogens with one attached hydrogen (secondary N) is 2. The molecular weight excluding hydrogens is 204 g/mol. The van der Waals surface area contributed by atoms with Gasteiger partial charge in [-0.2, -0.15) is 0 Å². The van der Waals surface area contributed by atoms with Gasteiger partial charge in [-0.05, 0) is 30.5 Å². The zero-order valence-corrected chi connectivity index (χ0v) is 9.57. The van der Waals surface area contributed by atoms with Gasteiger partial charge in [0.05, 0.1) is 0 Å². The molecule has 1 aromatic rings. The molecule has 0 spiro atoms. The number of rotatable bonds is 3. The molecule has 0 bridgehead atoms. The van der Waals surface area contributed by atoms with Crippen LogP contribution in [0.1, 0.15) is 18.4 Å². The van der Waals surface area contributed by atoms with Gasteiger partial charge in [0.15, 0.2) is 0 Å². The monoisotopic (exact) mass is 220 g/mol. The summed E-state index contributed by atoms with van der Waals surface area (Å²) in [6, 6.07) is 7.57. The van der Waals surface area contributed by atoms with Crippen molar-refractivity contribution in [3.8, 4) is 0 Å². The van der Waals surface area contributed by atoms with Crippen molar-refractivity contribution in [3.63, 3.8) is 0 Å². The number of hydrogen-bond donors (Lipinski definition) is 2. The molecule has 2 N–H and O–H groups in total. The Balaban J connectivity index is 1.71. The summed E-state index contributed by atoms with van der Waals surface area (Å²) in [5.41, 5.74) is 2.72. The van der Waals surface area contributed by atoms with Gasteiger partial charge in [-0.25, -0.2) is 0 Å². The molecule has 1 aliphatic carbocycles. The summed E-state index contributed by atoms with van der Waals surface area (Å²) < 4.78 is 0. The molecule has 1 aromatic carbocycles. The standard InChI is InChI=1S/C12H16N2S/c1-4-12-11(13-5-6-15-12)7-9(1)8-14-10-2-3-10/h1,4,7,10,13-14H,2-3,5-6,8H2. The van der Waals surface area contributed by atoms with E-state index in [1.54, 1.807) is 0 Å². The molecule has 1 heterocycles. The fraction of sp³-hybridized carbons (Fsp3) is 0.500. The van der Waals surface area contributed by atoms with Gasteiger partial charge in [0.25, 0.3) is 0 Å². The van der Waals surface area contributed by atoms with Crippen LogP contribution in [-0.4, -0.2) is 18.3 Å². The van der Waals surface area contributed by atoms with Crippen molar-refractivity contribution >= 4 is 17.4 Å². The van der Waals surface area contributed by atoms with E-state index in [0.717, 1.165) is 19.1 Å². The lowest BCUT2D eigenvalue weighted by atomic mass is 10.2. The highest BCUT2D eigenvalue weighted by Crippen LogP contribution is 2.31. The number of benzene rings is 1. The Morgan fingerprint density at radius 1 is 1.40 bits per heavy atom. The van der Waals surface area contributed by atoms with Crippen molar-refractivity contribution in [1.29, 1.82) is 0 Å². The normalized spacial score (nSPS) is 19.5. The summed E-state index contributed by atoms with van der Waals surface area (Å²) in [5.74, 6) is 1.19. The predicted octanol–water partition coefficient (Wildman–Crippen LogP) is 2.46. The average Bonchev–Trinajstić information content (AvgIpc) is 3.10. The Morgan fingerprint density at radius 2 is 2.33 bits per heavy atom. The van der Waals surface area contributed by atoms with E-state index in [-0.39, 0.29) is 0 Å². The topological polar surface area (TPSA) is 24.1 Å². The molecule has 3 rings (SSSR count). The minimum Gasteiger partial charge on any atom is -0.383 e. The number of anilines is 1.